The molecule has 148 valence electrons. The maximum absolute atomic E-state index is 12.5. The molecule has 2 aromatic heterocycles. The van der Waals surface area contributed by atoms with E-state index in [9.17, 15) is 10.1 Å². The number of carbonyl (C=O) groups excluding carboxylic acids is 1. The van der Waals surface area contributed by atoms with Crippen LogP contribution in [-0.2, 0) is 11.3 Å². The minimum Gasteiger partial charge on any atom is -0.467 e. The van der Waals surface area contributed by atoms with Gasteiger partial charge < -0.3 is 14.6 Å². The Morgan fingerprint density at radius 1 is 1.29 bits per heavy atom. The van der Waals surface area contributed by atoms with Crippen molar-refractivity contribution in [2.45, 2.75) is 55.8 Å². The zero-order chi connectivity index (χ0) is 19.4. The van der Waals surface area contributed by atoms with Crippen molar-refractivity contribution >= 4 is 23.6 Å². The summed E-state index contributed by atoms with van der Waals surface area (Å²) in [4.78, 5) is 14.7. The molecule has 1 saturated heterocycles. The summed E-state index contributed by atoms with van der Waals surface area (Å²) < 4.78 is 7.51. The molecule has 28 heavy (non-hydrogen) atoms. The van der Waals surface area contributed by atoms with Gasteiger partial charge >= 0.3 is 0 Å². The average Bonchev–Trinajstić information content (AvgIpc) is 3.48. The fourth-order valence-corrected chi connectivity index (χ4v) is 4.64. The molecule has 0 aromatic carbocycles. The summed E-state index contributed by atoms with van der Waals surface area (Å²) in [5, 5.41) is 21.8. The molecule has 2 aliphatic rings. The van der Waals surface area contributed by atoms with Gasteiger partial charge in [-0.25, -0.2) is 0 Å². The number of amides is 1. The lowest BCUT2D eigenvalue weighted by Gasteiger charge is -2.21. The lowest BCUT2D eigenvalue weighted by Crippen LogP contribution is -2.45. The largest absolute Gasteiger partial charge is 0.467 e. The van der Waals surface area contributed by atoms with Crippen LogP contribution in [-0.4, -0.2) is 45.1 Å². The van der Waals surface area contributed by atoms with E-state index in [1.165, 1.54) is 11.8 Å². The molecular weight excluding hydrogens is 376 g/mol. The number of nitriles is 1. The summed E-state index contributed by atoms with van der Waals surface area (Å²) in [5.41, 5.74) is -0.694. The second-order valence-electron chi connectivity index (χ2n) is 7.38. The molecule has 0 atom stereocenters. The Kier molecular flexibility index (Phi) is 5.57. The van der Waals surface area contributed by atoms with Crippen LogP contribution in [0, 0.1) is 11.3 Å². The maximum atomic E-state index is 12.5. The van der Waals surface area contributed by atoms with E-state index in [-0.39, 0.29) is 11.7 Å². The Morgan fingerprint density at radius 3 is 2.75 bits per heavy atom. The molecule has 1 N–H and O–H groups in total. The second kappa shape index (κ2) is 8.27. The van der Waals surface area contributed by atoms with Crippen molar-refractivity contribution < 1.29 is 9.21 Å². The molecule has 1 amide bonds. The SMILES string of the molecule is N#CC1(NC(=O)CSc2nnc(N3CCCC3)n2Cc2ccco2)CCCC1. The van der Waals surface area contributed by atoms with Crippen molar-refractivity contribution in [3.63, 3.8) is 0 Å². The minimum absolute atomic E-state index is 0.135. The quantitative estimate of drug-likeness (QED) is 0.713. The molecule has 1 aliphatic carbocycles. The van der Waals surface area contributed by atoms with Crippen molar-refractivity contribution in [2.24, 2.45) is 0 Å². The van der Waals surface area contributed by atoms with E-state index in [1.54, 1.807) is 6.26 Å². The van der Waals surface area contributed by atoms with Crippen LogP contribution in [0.15, 0.2) is 28.0 Å². The highest BCUT2D eigenvalue weighted by atomic mass is 32.2. The Balaban J connectivity index is 1.46. The van der Waals surface area contributed by atoms with Crippen LogP contribution >= 0.6 is 11.8 Å². The topological polar surface area (TPSA) is 100.0 Å². The van der Waals surface area contributed by atoms with Gasteiger partial charge in [-0.2, -0.15) is 5.26 Å². The first kappa shape index (κ1) is 18.9. The first-order chi connectivity index (χ1) is 13.7. The monoisotopic (exact) mass is 400 g/mol. The molecule has 0 bridgehead atoms. The highest BCUT2D eigenvalue weighted by Gasteiger charge is 2.35. The van der Waals surface area contributed by atoms with Gasteiger partial charge in [-0.15, -0.1) is 10.2 Å². The van der Waals surface area contributed by atoms with E-state index in [4.69, 9.17) is 4.42 Å². The number of rotatable bonds is 7. The third-order valence-corrected chi connectivity index (χ3v) is 6.33. The van der Waals surface area contributed by atoms with Gasteiger partial charge in [0.05, 0.1) is 24.6 Å². The molecule has 0 unspecified atom stereocenters. The molecule has 4 rings (SSSR count). The van der Waals surface area contributed by atoms with Crippen LogP contribution in [0.4, 0.5) is 5.95 Å². The van der Waals surface area contributed by atoms with Gasteiger partial charge in [0.25, 0.3) is 0 Å². The molecule has 9 heteroatoms. The van der Waals surface area contributed by atoms with Crippen LogP contribution < -0.4 is 10.2 Å². The van der Waals surface area contributed by atoms with Gasteiger partial charge in [0.2, 0.25) is 11.9 Å². The maximum Gasteiger partial charge on any atom is 0.231 e. The van der Waals surface area contributed by atoms with Crippen LogP contribution in [0.3, 0.4) is 0 Å². The standard InChI is InChI=1S/C19H24N6O2S/c20-14-19(7-1-2-8-19)21-16(26)13-28-18-23-22-17(24-9-3-4-10-24)25(18)12-15-6-5-11-27-15/h5-6,11H,1-4,7-10,12-13H2,(H,21,26). The van der Waals surface area contributed by atoms with Gasteiger partial charge in [0.1, 0.15) is 11.3 Å². The summed E-state index contributed by atoms with van der Waals surface area (Å²) in [6, 6.07) is 6.08. The Hall–Kier alpha value is -2.47. The third kappa shape index (κ3) is 4.02. The fourth-order valence-electron chi connectivity index (χ4n) is 3.91. The highest BCUT2D eigenvalue weighted by Crippen LogP contribution is 2.30. The number of furan rings is 1. The van der Waals surface area contributed by atoms with Gasteiger partial charge in [0.15, 0.2) is 5.16 Å². The zero-order valence-electron chi connectivity index (χ0n) is 15.8. The lowest BCUT2D eigenvalue weighted by molar-refractivity contribution is -0.119. The molecule has 1 aliphatic heterocycles. The second-order valence-corrected chi connectivity index (χ2v) is 8.32. The van der Waals surface area contributed by atoms with Crippen molar-refractivity contribution in [1.82, 2.24) is 20.1 Å². The molecule has 1 saturated carbocycles. The number of anilines is 1. The van der Waals surface area contributed by atoms with E-state index in [2.05, 4.69) is 26.5 Å². The molecule has 8 nitrogen and oxygen atoms in total. The van der Waals surface area contributed by atoms with E-state index < -0.39 is 5.54 Å². The summed E-state index contributed by atoms with van der Waals surface area (Å²) in [6.45, 7) is 2.45. The van der Waals surface area contributed by atoms with E-state index in [0.29, 0.717) is 11.7 Å². The first-order valence-corrected chi connectivity index (χ1v) is 10.7. The molecule has 0 spiro atoms. The van der Waals surface area contributed by atoms with Crippen molar-refractivity contribution in [3.05, 3.63) is 24.2 Å². The fraction of sp³-hybridized carbons (Fsp3) is 0.579. The Bertz CT molecular complexity index is 844. The van der Waals surface area contributed by atoms with Crippen LogP contribution in [0.5, 0.6) is 0 Å². The summed E-state index contributed by atoms with van der Waals surface area (Å²) in [7, 11) is 0. The van der Waals surface area contributed by atoms with Gasteiger partial charge in [-0.1, -0.05) is 11.8 Å². The van der Waals surface area contributed by atoms with Gasteiger partial charge in [0, 0.05) is 13.1 Å². The third-order valence-electron chi connectivity index (χ3n) is 5.36. The first-order valence-electron chi connectivity index (χ1n) is 9.75. The summed E-state index contributed by atoms with van der Waals surface area (Å²) in [5.74, 6) is 1.71. The molecule has 2 aromatic rings. The molecule has 0 radical (unpaired) electrons. The Morgan fingerprint density at radius 2 is 2.07 bits per heavy atom. The number of carbonyl (C=O) groups is 1. The predicted molar refractivity (Wildman–Crippen MR) is 105 cm³/mol. The normalized spacial score (nSPS) is 18.3. The Labute approximate surface area is 168 Å². The number of hydrogen-bond donors (Lipinski definition) is 1. The smallest absolute Gasteiger partial charge is 0.231 e. The van der Waals surface area contributed by atoms with Crippen molar-refractivity contribution in [2.75, 3.05) is 23.7 Å². The van der Waals surface area contributed by atoms with Crippen LogP contribution in [0.1, 0.15) is 44.3 Å². The summed E-state index contributed by atoms with van der Waals surface area (Å²) >= 11 is 1.35. The van der Waals surface area contributed by atoms with Crippen molar-refractivity contribution in [3.8, 4) is 6.07 Å². The zero-order valence-corrected chi connectivity index (χ0v) is 16.6. The van der Waals surface area contributed by atoms with Crippen LogP contribution in [0.25, 0.3) is 0 Å². The molecular formula is C19H24N6O2S. The van der Waals surface area contributed by atoms with Crippen LogP contribution in [0.2, 0.25) is 0 Å². The number of thioether (sulfide) groups is 1. The van der Waals surface area contributed by atoms with Crippen molar-refractivity contribution in [1.29, 1.82) is 5.26 Å². The van der Waals surface area contributed by atoms with E-state index in [1.807, 2.05) is 16.7 Å². The number of hydrogen-bond acceptors (Lipinski definition) is 7. The summed E-state index contributed by atoms with van der Waals surface area (Å²) in [6.07, 6.45) is 7.37. The molecule has 3 heterocycles. The number of nitrogens with one attached hydrogen (secondary N) is 1. The molecule has 2 fully saturated rings. The lowest BCUT2D eigenvalue weighted by atomic mass is 10.0. The minimum atomic E-state index is -0.694. The predicted octanol–water partition coefficient (Wildman–Crippen LogP) is 2.56. The van der Waals surface area contributed by atoms with E-state index in [0.717, 1.165) is 63.3 Å². The van der Waals surface area contributed by atoms with Gasteiger partial charge in [-0.3, -0.25) is 9.36 Å². The highest BCUT2D eigenvalue weighted by molar-refractivity contribution is 7.99. The number of nitrogens with zero attached hydrogens (tertiary/aromatic N) is 5. The van der Waals surface area contributed by atoms with E-state index >= 15 is 0 Å². The van der Waals surface area contributed by atoms with Gasteiger partial charge in [-0.05, 0) is 50.7 Å². The average molecular weight is 401 g/mol. The number of aromatic nitrogens is 3.